The number of rotatable bonds is 9. The average molecular weight is 353 g/mol. The second-order valence-corrected chi connectivity index (χ2v) is 6.99. The molecule has 1 aliphatic carbocycles. The number of unbranched alkanes of at least 4 members (excludes halogenated alkanes) is 2. The predicted octanol–water partition coefficient (Wildman–Crippen LogP) is 4.68. The van der Waals surface area contributed by atoms with Crippen LogP contribution in [-0.2, 0) is 16.0 Å². The van der Waals surface area contributed by atoms with Gasteiger partial charge in [0.2, 0.25) is 5.95 Å². The maximum absolute atomic E-state index is 11.1. The highest BCUT2D eigenvalue weighted by Gasteiger charge is 2.25. The zero-order valence-electron chi connectivity index (χ0n) is 15.6. The van der Waals surface area contributed by atoms with E-state index in [9.17, 15) is 4.79 Å². The van der Waals surface area contributed by atoms with Crippen molar-refractivity contribution in [1.29, 1.82) is 0 Å². The van der Waals surface area contributed by atoms with Gasteiger partial charge in [-0.15, -0.1) is 0 Å². The van der Waals surface area contributed by atoms with Gasteiger partial charge in [0.1, 0.15) is 0 Å². The molecule has 1 aliphatic rings. The van der Waals surface area contributed by atoms with Crippen molar-refractivity contribution in [2.24, 2.45) is 0 Å². The summed E-state index contributed by atoms with van der Waals surface area (Å²) >= 11 is 0. The number of hydrogen-bond acceptors (Lipinski definition) is 5. The first-order valence-corrected chi connectivity index (χ1v) is 9.42. The number of carbonyl (C=O) groups excluding carboxylic acids is 1. The fourth-order valence-electron chi connectivity index (χ4n) is 3.05. The van der Waals surface area contributed by atoms with Crippen LogP contribution >= 0.6 is 0 Å². The third-order valence-electron chi connectivity index (χ3n) is 4.63. The summed E-state index contributed by atoms with van der Waals surface area (Å²) in [7, 11) is 1.44. The van der Waals surface area contributed by atoms with Crippen molar-refractivity contribution in [3.8, 4) is 0 Å². The molecule has 1 fully saturated rings. The number of methoxy groups -OCH3 is 1. The fraction of sp³-hybridized carbons (Fsp3) is 0.476. The Hall–Kier alpha value is -2.43. The zero-order chi connectivity index (χ0) is 18.4. The lowest BCUT2D eigenvalue weighted by atomic mass is 10.1. The predicted molar refractivity (Wildman–Crippen MR) is 103 cm³/mol. The molecule has 26 heavy (non-hydrogen) atoms. The van der Waals surface area contributed by atoms with E-state index < -0.39 is 0 Å². The van der Waals surface area contributed by atoms with Gasteiger partial charge < -0.3 is 10.1 Å². The Balaban J connectivity index is 1.53. The van der Waals surface area contributed by atoms with Crippen LogP contribution in [0, 0.1) is 6.92 Å². The van der Waals surface area contributed by atoms with Gasteiger partial charge in [-0.1, -0.05) is 18.6 Å². The minimum Gasteiger partial charge on any atom is -0.469 e. The summed E-state index contributed by atoms with van der Waals surface area (Å²) in [5.41, 5.74) is 4.46. The molecule has 0 aliphatic heterocycles. The molecule has 5 nitrogen and oxygen atoms in total. The molecule has 0 saturated heterocycles. The minimum atomic E-state index is -0.125. The number of aromatic nitrogens is 2. The Labute approximate surface area is 155 Å². The van der Waals surface area contributed by atoms with E-state index in [0.29, 0.717) is 18.3 Å². The van der Waals surface area contributed by atoms with Crippen molar-refractivity contribution in [3.05, 3.63) is 47.3 Å². The minimum absolute atomic E-state index is 0.125. The third-order valence-corrected chi connectivity index (χ3v) is 4.63. The van der Waals surface area contributed by atoms with E-state index in [1.54, 1.807) is 0 Å². The molecule has 0 spiro atoms. The van der Waals surface area contributed by atoms with Crippen LogP contribution in [0.1, 0.15) is 61.4 Å². The van der Waals surface area contributed by atoms with E-state index in [1.807, 2.05) is 13.0 Å². The molecule has 0 unspecified atom stereocenters. The molecule has 1 saturated carbocycles. The highest BCUT2D eigenvalue weighted by atomic mass is 16.5. The van der Waals surface area contributed by atoms with Gasteiger partial charge in [-0.3, -0.25) is 4.79 Å². The quantitative estimate of drug-likeness (QED) is 0.524. The fourth-order valence-corrected chi connectivity index (χ4v) is 3.05. The lowest BCUT2D eigenvalue weighted by Gasteiger charge is -2.09. The van der Waals surface area contributed by atoms with Crippen LogP contribution in [0.4, 0.5) is 11.6 Å². The molecule has 1 N–H and O–H groups in total. The maximum atomic E-state index is 11.1. The Morgan fingerprint density at radius 3 is 2.81 bits per heavy atom. The molecule has 3 rings (SSSR count). The molecule has 1 aromatic heterocycles. The number of benzene rings is 1. The highest BCUT2D eigenvalue weighted by molar-refractivity contribution is 5.68. The van der Waals surface area contributed by atoms with Crippen LogP contribution in [0.2, 0.25) is 0 Å². The molecule has 1 heterocycles. The van der Waals surface area contributed by atoms with E-state index in [-0.39, 0.29) is 5.97 Å². The van der Waals surface area contributed by atoms with Crippen molar-refractivity contribution >= 4 is 17.6 Å². The van der Waals surface area contributed by atoms with Gasteiger partial charge in [0.25, 0.3) is 0 Å². The standard InChI is InChI=1S/C21H27N3O2/c1-15-13-19(17-11-12-17)24-21(22-15)23-18-9-6-8-16(14-18)7-4-3-5-10-20(25)26-2/h6,8-9,13-14,17H,3-5,7,10-12H2,1-2H3,(H,22,23,24). The molecular formula is C21H27N3O2. The number of nitrogens with one attached hydrogen (secondary N) is 1. The molecule has 0 bridgehead atoms. The normalized spacial score (nSPS) is 13.5. The number of anilines is 2. The summed E-state index contributed by atoms with van der Waals surface area (Å²) in [5.74, 6) is 1.18. The summed E-state index contributed by atoms with van der Waals surface area (Å²) in [4.78, 5) is 20.3. The summed E-state index contributed by atoms with van der Waals surface area (Å²) < 4.78 is 4.66. The maximum Gasteiger partial charge on any atom is 0.305 e. The van der Waals surface area contributed by atoms with Crippen LogP contribution in [0.3, 0.4) is 0 Å². The van der Waals surface area contributed by atoms with Crippen molar-refractivity contribution in [2.45, 2.75) is 57.8 Å². The van der Waals surface area contributed by atoms with Crippen LogP contribution in [0.25, 0.3) is 0 Å². The number of carbonyl (C=O) groups is 1. The first kappa shape index (κ1) is 18.4. The molecule has 2 aromatic rings. The Morgan fingerprint density at radius 2 is 2.04 bits per heavy atom. The molecule has 1 aromatic carbocycles. The third kappa shape index (κ3) is 5.55. The average Bonchev–Trinajstić information content (AvgIpc) is 3.46. The molecule has 0 amide bonds. The molecular weight excluding hydrogens is 326 g/mol. The molecule has 0 radical (unpaired) electrons. The smallest absolute Gasteiger partial charge is 0.305 e. The van der Waals surface area contributed by atoms with Gasteiger partial charge in [-0.25, -0.2) is 9.97 Å². The number of nitrogens with zero attached hydrogens (tertiary/aromatic N) is 2. The van der Waals surface area contributed by atoms with Gasteiger partial charge in [0.05, 0.1) is 7.11 Å². The van der Waals surface area contributed by atoms with Crippen LogP contribution in [0.15, 0.2) is 30.3 Å². The summed E-state index contributed by atoms with van der Waals surface area (Å²) in [6, 6.07) is 10.5. The van der Waals surface area contributed by atoms with E-state index in [4.69, 9.17) is 0 Å². The van der Waals surface area contributed by atoms with Gasteiger partial charge in [0, 0.05) is 29.4 Å². The van der Waals surface area contributed by atoms with E-state index in [0.717, 1.165) is 42.8 Å². The molecule has 5 heteroatoms. The summed E-state index contributed by atoms with van der Waals surface area (Å²) in [5, 5.41) is 3.35. The summed E-state index contributed by atoms with van der Waals surface area (Å²) in [6.45, 7) is 2.02. The topological polar surface area (TPSA) is 64.1 Å². The number of aryl methyl sites for hydroxylation is 2. The van der Waals surface area contributed by atoms with Gasteiger partial charge >= 0.3 is 5.97 Å². The Morgan fingerprint density at radius 1 is 1.19 bits per heavy atom. The lowest BCUT2D eigenvalue weighted by molar-refractivity contribution is -0.140. The van der Waals surface area contributed by atoms with Gasteiger partial charge in [0.15, 0.2) is 0 Å². The largest absolute Gasteiger partial charge is 0.469 e. The van der Waals surface area contributed by atoms with Gasteiger partial charge in [-0.05, 0) is 62.8 Å². The van der Waals surface area contributed by atoms with E-state index in [1.165, 1.54) is 25.5 Å². The molecule has 138 valence electrons. The number of hydrogen-bond donors (Lipinski definition) is 1. The van der Waals surface area contributed by atoms with E-state index in [2.05, 4.69) is 44.3 Å². The van der Waals surface area contributed by atoms with E-state index >= 15 is 0 Å². The monoisotopic (exact) mass is 353 g/mol. The SMILES string of the molecule is COC(=O)CCCCCc1cccc(Nc2nc(C)cc(C3CC3)n2)c1. The first-order chi connectivity index (χ1) is 12.6. The van der Waals surface area contributed by atoms with Crippen molar-refractivity contribution in [2.75, 3.05) is 12.4 Å². The lowest BCUT2D eigenvalue weighted by Crippen LogP contribution is -2.02. The van der Waals surface area contributed by atoms with Crippen molar-refractivity contribution in [1.82, 2.24) is 9.97 Å². The molecule has 0 atom stereocenters. The van der Waals surface area contributed by atoms with Crippen LogP contribution in [0.5, 0.6) is 0 Å². The van der Waals surface area contributed by atoms with Crippen LogP contribution < -0.4 is 5.32 Å². The second kappa shape index (κ2) is 8.79. The van der Waals surface area contributed by atoms with Crippen molar-refractivity contribution < 1.29 is 9.53 Å². The Kier molecular flexibility index (Phi) is 6.21. The summed E-state index contributed by atoms with van der Waals surface area (Å²) in [6.07, 6.45) is 6.95. The highest BCUT2D eigenvalue weighted by Crippen LogP contribution is 2.39. The first-order valence-electron chi connectivity index (χ1n) is 9.42. The number of ether oxygens (including phenoxy) is 1. The zero-order valence-corrected chi connectivity index (χ0v) is 15.6. The Bertz CT molecular complexity index is 757. The van der Waals surface area contributed by atoms with Crippen LogP contribution in [-0.4, -0.2) is 23.0 Å². The van der Waals surface area contributed by atoms with Gasteiger partial charge in [-0.2, -0.15) is 0 Å². The van der Waals surface area contributed by atoms with Crippen molar-refractivity contribution in [3.63, 3.8) is 0 Å². The number of esters is 1. The second-order valence-electron chi connectivity index (χ2n) is 6.99.